The van der Waals surface area contributed by atoms with Crippen molar-refractivity contribution in [2.24, 2.45) is 5.41 Å². The van der Waals surface area contributed by atoms with Gasteiger partial charge in [-0.1, -0.05) is 63.2 Å². The highest BCUT2D eigenvalue weighted by Gasteiger charge is 2.16. The Kier molecular flexibility index (Phi) is 4.26. The van der Waals surface area contributed by atoms with E-state index in [-0.39, 0.29) is 0 Å². The molecule has 19 heavy (non-hydrogen) atoms. The smallest absolute Gasteiger partial charge is 0.0323 e. The average Bonchev–Trinajstić information content (AvgIpc) is 2.38. The number of rotatable bonds is 4. The molecule has 0 saturated heterocycles. The van der Waals surface area contributed by atoms with Gasteiger partial charge in [-0.2, -0.15) is 0 Å². The van der Waals surface area contributed by atoms with Crippen molar-refractivity contribution in [3.05, 3.63) is 48.0 Å². The summed E-state index contributed by atoms with van der Waals surface area (Å²) in [5.74, 6) is 0. The van der Waals surface area contributed by atoms with E-state index in [9.17, 15) is 0 Å². The maximum Gasteiger partial charge on any atom is 0.0323 e. The summed E-state index contributed by atoms with van der Waals surface area (Å²) in [6, 6.07) is 15.7. The van der Waals surface area contributed by atoms with E-state index in [1.807, 2.05) is 0 Å². The molecule has 0 fully saturated rings. The van der Waals surface area contributed by atoms with Crippen LogP contribution in [0.1, 0.15) is 45.2 Å². The van der Waals surface area contributed by atoms with Crippen LogP contribution in [0.25, 0.3) is 10.8 Å². The van der Waals surface area contributed by atoms with Crippen LogP contribution in [0, 0.1) is 5.41 Å². The summed E-state index contributed by atoms with van der Waals surface area (Å²) in [5.41, 5.74) is 1.81. The normalized spacial score (nSPS) is 13.7. The number of hydrogen-bond acceptors (Lipinski definition) is 1. The van der Waals surface area contributed by atoms with Crippen LogP contribution in [-0.2, 0) is 0 Å². The van der Waals surface area contributed by atoms with Crippen molar-refractivity contribution in [3.8, 4) is 0 Å². The minimum atomic E-state index is 0.389. The lowest BCUT2D eigenvalue weighted by Gasteiger charge is -2.24. The lowest BCUT2D eigenvalue weighted by Crippen LogP contribution is -2.19. The predicted octanol–water partition coefficient (Wildman–Crippen LogP) is 4.93. The first kappa shape index (κ1) is 14.1. The van der Waals surface area contributed by atoms with Crippen molar-refractivity contribution < 1.29 is 0 Å². The van der Waals surface area contributed by atoms with E-state index in [0.717, 1.165) is 0 Å². The highest BCUT2D eigenvalue weighted by molar-refractivity contribution is 5.86. The van der Waals surface area contributed by atoms with Gasteiger partial charge < -0.3 is 5.32 Å². The Bertz CT molecular complexity index is 531. The number of benzene rings is 2. The second kappa shape index (κ2) is 5.75. The molecule has 2 rings (SSSR count). The molecule has 1 N–H and O–H groups in total. The molecule has 0 radical (unpaired) electrons. The van der Waals surface area contributed by atoms with E-state index >= 15 is 0 Å². The second-order valence-corrected chi connectivity index (χ2v) is 6.51. The molecule has 0 aliphatic carbocycles. The fourth-order valence-corrected chi connectivity index (χ4v) is 2.59. The molecule has 2 aromatic carbocycles. The Hall–Kier alpha value is -1.34. The molecule has 1 atom stereocenters. The molecular weight excluding hydrogens is 230 g/mol. The highest BCUT2D eigenvalue weighted by Crippen LogP contribution is 2.30. The molecule has 0 spiro atoms. The third kappa shape index (κ3) is 3.57. The molecule has 1 unspecified atom stereocenters. The van der Waals surface area contributed by atoms with Crippen molar-refractivity contribution in [3.63, 3.8) is 0 Å². The van der Waals surface area contributed by atoms with E-state index in [1.165, 1.54) is 29.2 Å². The number of nitrogens with one attached hydrogen (secondary N) is 1. The summed E-state index contributed by atoms with van der Waals surface area (Å²) in [4.78, 5) is 0. The Morgan fingerprint density at radius 1 is 1.00 bits per heavy atom. The van der Waals surface area contributed by atoms with Gasteiger partial charge in [0, 0.05) is 6.04 Å². The van der Waals surface area contributed by atoms with Crippen LogP contribution >= 0.6 is 0 Å². The Morgan fingerprint density at radius 3 is 2.37 bits per heavy atom. The Morgan fingerprint density at radius 2 is 1.68 bits per heavy atom. The van der Waals surface area contributed by atoms with E-state index in [4.69, 9.17) is 0 Å². The SMILES string of the molecule is CNC(CCC(C)(C)C)c1cccc2ccccc12. The van der Waals surface area contributed by atoms with Gasteiger partial charge in [-0.15, -0.1) is 0 Å². The van der Waals surface area contributed by atoms with Crippen LogP contribution in [0.2, 0.25) is 0 Å². The van der Waals surface area contributed by atoms with Crippen molar-refractivity contribution in [1.82, 2.24) is 5.32 Å². The monoisotopic (exact) mass is 255 g/mol. The van der Waals surface area contributed by atoms with Crippen molar-refractivity contribution in [1.29, 1.82) is 0 Å². The number of hydrogen-bond donors (Lipinski definition) is 1. The average molecular weight is 255 g/mol. The van der Waals surface area contributed by atoms with Crippen LogP contribution in [-0.4, -0.2) is 7.05 Å². The zero-order valence-corrected chi connectivity index (χ0v) is 12.5. The van der Waals surface area contributed by atoms with Gasteiger partial charge in [0.25, 0.3) is 0 Å². The summed E-state index contributed by atoms with van der Waals surface area (Å²) in [6.07, 6.45) is 2.40. The quantitative estimate of drug-likeness (QED) is 0.817. The van der Waals surface area contributed by atoms with Gasteiger partial charge in [-0.25, -0.2) is 0 Å². The molecule has 0 aliphatic rings. The van der Waals surface area contributed by atoms with Crippen LogP contribution in [0.15, 0.2) is 42.5 Å². The first-order chi connectivity index (χ1) is 9.01. The zero-order chi connectivity index (χ0) is 13.9. The fourth-order valence-electron chi connectivity index (χ4n) is 2.59. The maximum atomic E-state index is 3.48. The summed E-state index contributed by atoms with van der Waals surface area (Å²) < 4.78 is 0. The van der Waals surface area contributed by atoms with E-state index in [1.54, 1.807) is 0 Å². The largest absolute Gasteiger partial charge is 0.313 e. The lowest BCUT2D eigenvalue weighted by molar-refractivity contribution is 0.338. The molecule has 1 nitrogen and oxygen atoms in total. The van der Waals surface area contributed by atoms with Gasteiger partial charge in [0.05, 0.1) is 0 Å². The van der Waals surface area contributed by atoms with Gasteiger partial charge >= 0.3 is 0 Å². The summed E-state index contributed by atoms with van der Waals surface area (Å²) in [6.45, 7) is 6.93. The van der Waals surface area contributed by atoms with Crippen molar-refractivity contribution >= 4 is 10.8 Å². The van der Waals surface area contributed by atoms with Gasteiger partial charge in [0.1, 0.15) is 0 Å². The summed E-state index contributed by atoms with van der Waals surface area (Å²) in [5, 5.41) is 6.19. The third-order valence-corrected chi connectivity index (χ3v) is 3.73. The van der Waals surface area contributed by atoms with Gasteiger partial charge in [0.15, 0.2) is 0 Å². The van der Waals surface area contributed by atoms with E-state index in [0.29, 0.717) is 11.5 Å². The molecule has 0 saturated carbocycles. The van der Waals surface area contributed by atoms with Gasteiger partial charge in [0.2, 0.25) is 0 Å². The van der Waals surface area contributed by atoms with E-state index in [2.05, 4.69) is 75.6 Å². The molecule has 0 bridgehead atoms. The first-order valence-electron chi connectivity index (χ1n) is 7.16. The third-order valence-electron chi connectivity index (χ3n) is 3.73. The predicted molar refractivity (Wildman–Crippen MR) is 84.4 cm³/mol. The highest BCUT2D eigenvalue weighted by atomic mass is 14.9. The molecule has 0 aromatic heterocycles. The van der Waals surface area contributed by atoms with Gasteiger partial charge in [-0.3, -0.25) is 0 Å². The first-order valence-corrected chi connectivity index (χ1v) is 7.16. The molecule has 102 valence electrons. The van der Waals surface area contributed by atoms with Crippen LogP contribution in [0.4, 0.5) is 0 Å². The molecule has 2 aromatic rings. The van der Waals surface area contributed by atoms with Crippen LogP contribution in [0.3, 0.4) is 0 Å². The second-order valence-electron chi connectivity index (χ2n) is 6.51. The minimum Gasteiger partial charge on any atom is -0.313 e. The lowest BCUT2D eigenvalue weighted by atomic mass is 9.86. The molecule has 0 amide bonds. The summed E-state index contributed by atoms with van der Waals surface area (Å²) >= 11 is 0. The molecule has 0 aliphatic heterocycles. The Balaban J connectivity index is 2.30. The zero-order valence-electron chi connectivity index (χ0n) is 12.5. The fraction of sp³-hybridized carbons (Fsp3) is 0.444. The topological polar surface area (TPSA) is 12.0 Å². The van der Waals surface area contributed by atoms with E-state index < -0.39 is 0 Å². The molecule has 0 heterocycles. The van der Waals surface area contributed by atoms with Crippen LogP contribution in [0.5, 0.6) is 0 Å². The minimum absolute atomic E-state index is 0.389. The number of fused-ring (bicyclic) bond motifs is 1. The Labute approximate surface area is 117 Å². The maximum absolute atomic E-state index is 3.48. The molecule has 1 heteroatoms. The van der Waals surface area contributed by atoms with Crippen molar-refractivity contribution in [2.75, 3.05) is 7.05 Å². The van der Waals surface area contributed by atoms with Gasteiger partial charge in [-0.05, 0) is 41.6 Å². The van der Waals surface area contributed by atoms with Crippen molar-refractivity contribution in [2.45, 2.75) is 39.7 Å². The standard InChI is InChI=1S/C18H25N/c1-18(2,3)13-12-17(19-4)16-11-7-9-14-8-5-6-10-15(14)16/h5-11,17,19H,12-13H2,1-4H3. The summed E-state index contributed by atoms with van der Waals surface area (Å²) in [7, 11) is 2.06. The van der Waals surface area contributed by atoms with Crippen LogP contribution < -0.4 is 5.32 Å². The molecular formula is C18H25N.